The monoisotopic (exact) mass is 925 g/mol. The van der Waals surface area contributed by atoms with E-state index in [0.717, 1.165) is 36.8 Å². The van der Waals surface area contributed by atoms with Gasteiger partial charge in [-0.05, 0) is 103 Å². The molecule has 0 bridgehead atoms. The molecule has 0 radical (unpaired) electrons. The summed E-state index contributed by atoms with van der Waals surface area (Å²) in [5, 5.41) is 15.2. The molecule has 4 N–H and O–H groups in total. The topological polar surface area (TPSA) is 85.0 Å². The summed E-state index contributed by atoms with van der Waals surface area (Å²) in [4.78, 5) is 0. The van der Waals surface area contributed by atoms with Crippen LogP contribution < -0.4 is 20.8 Å². The second-order valence-electron chi connectivity index (χ2n) is 22.7. The molecule has 10 heteroatoms. The molecule has 372 valence electrons. The van der Waals surface area contributed by atoms with Crippen LogP contribution >= 0.6 is 17.1 Å². The van der Waals surface area contributed by atoms with Crippen molar-refractivity contribution in [3.63, 3.8) is 0 Å². The van der Waals surface area contributed by atoms with Crippen molar-refractivity contribution >= 4 is 17.1 Å². The van der Waals surface area contributed by atoms with E-state index in [9.17, 15) is 0 Å². The minimum Gasteiger partial charge on any atom is -0.321 e. The average molecular weight is 925 g/mol. The van der Waals surface area contributed by atoms with E-state index in [4.69, 9.17) is 18.1 Å². The van der Waals surface area contributed by atoms with Crippen molar-refractivity contribution in [2.24, 2.45) is 29.1 Å². The molecule has 4 fully saturated rings. The van der Waals surface area contributed by atoms with Crippen molar-refractivity contribution in [1.82, 2.24) is 20.8 Å². The second-order valence-corrected chi connectivity index (χ2v) is 25.4. The number of nitrogens with one attached hydrogen (secondary N) is 4. The number of hydrogen-bond donors (Lipinski definition) is 4. The third kappa shape index (κ3) is 18.8. The van der Waals surface area contributed by atoms with E-state index in [1.807, 2.05) is 0 Å². The van der Waals surface area contributed by atoms with Gasteiger partial charge in [-0.15, -0.1) is 0 Å². The molecule has 0 aliphatic carbocycles. The highest BCUT2D eigenvalue weighted by molar-refractivity contribution is 7.45. The Balaban J connectivity index is 0.879. The van der Waals surface area contributed by atoms with Gasteiger partial charge < -0.3 is 28.7 Å². The molecule has 4 saturated heterocycles. The summed E-state index contributed by atoms with van der Waals surface area (Å²) in [5.41, 5.74) is 1.03. The van der Waals surface area contributed by atoms with Crippen molar-refractivity contribution in [1.29, 1.82) is 0 Å². The summed E-state index contributed by atoms with van der Waals surface area (Å²) in [7, 11) is -2.00. The molecule has 0 amide bonds. The Morgan fingerprint density at radius 2 is 0.714 bits per heavy atom. The van der Waals surface area contributed by atoms with Crippen LogP contribution in [0.1, 0.15) is 249 Å². The van der Waals surface area contributed by atoms with E-state index in [0.29, 0.717) is 37.5 Å². The van der Waals surface area contributed by atoms with Crippen LogP contribution in [-0.4, -0.2) is 61.7 Å². The van der Waals surface area contributed by atoms with Crippen LogP contribution in [0.25, 0.3) is 0 Å². The number of unbranched alkanes of at least 4 members (excludes halogenated alkanes) is 18. The van der Waals surface area contributed by atoms with Gasteiger partial charge in [0.2, 0.25) is 0 Å². The first-order valence-corrected chi connectivity index (χ1v) is 29.8. The third-order valence-electron chi connectivity index (χ3n) is 17.5. The molecule has 63 heavy (non-hydrogen) atoms. The van der Waals surface area contributed by atoms with Crippen LogP contribution in [0.2, 0.25) is 0 Å². The number of hydrogen-bond acceptors (Lipinski definition) is 8. The molecule has 0 aromatic heterocycles. The van der Waals surface area contributed by atoms with Crippen LogP contribution in [0.3, 0.4) is 0 Å². The molecule has 4 heterocycles. The Hall–Kier alpha value is 0.540. The quantitative estimate of drug-likeness (QED) is 0.0392. The maximum absolute atomic E-state index is 6.15. The third-order valence-corrected chi connectivity index (χ3v) is 19.9. The number of rotatable bonds is 32. The van der Waals surface area contributed by atoms with Gasteiger partial charge in [0.05, 0.1) is 31.8 Å². The lowest BCUT2D eigenvalue weighted by molar-refractivity contribution is -0.0558. The van der Waals surface area contributed by atoms with E-state index in [1.54, 1.807) is 0 Å². The lowest BCUT2D eigenvalue weighted by Gasteiger charge is -2.54. The SMILES string of the molecule is CCC1(C)CC(CCCCCCCCCCCCNP2OCC3(CO2)COP(NCCCCCCCCCCCCC2CC(C)(CC)NC(C)(CC)C2C)OC3)C(C)C(C)(CC)N1. The van der Waals surface area contributed by atoms with Crippen molar-refractivity contribution in [3.8, 4) is 0 Å². The Kier molecular flexibility index (Phi) is 25.7. The van der Waals surface area contributed by atoms with Gasteiger partial charge in [-0.25, -0.2) is 0 Å². The second kappa shape index (κ2) is 28.9. The van der Waals surface area contributed by atoms with Gasteiger partial charge in [0.25, 0.3) is 17.1 Å². The normalized spacial score (nSPS) is 36.3. The highest BCUT2D eigenvalue weighted by Gasteiger charge is 2.47. The van der Waals surface area contributed by atoms with Crippen LogP contribution in [-0.2, 0) is 18.1 Å². The summed E-state index contributed by atoms with van der Waals surface area (Å²) in [6.07, 6.45) is 37.7. The zero-order valence-electron chi connectivity index (χ0n) is 43.4. The van der Waals surface area contributed by atoms with Crippen molar-refractivity contribution in [2.45, 2.75) is 271 Å². The maximum atomic E-state index is 6.15. The van der Waals surface area contributed by atoms with Crippen LogP contribution in [0.4, 0.5) is 0 Å². The minimum absolute atomic E-state index is 0.167. The smallest absolute Gasteiger partial charge is 0.255 e. The zero-order valence-corrected chi connectivity index (χ0v) is 45.2. The molecule has 0 saturated carbocycles. The molecule has 8 unspecified atom stereocenters. The largest absolute Gasteiger partial charge is 0.321 e. The first-order valence-electron chi connectivity index (χ1n) is 27.4. The maximum Gasteiger partial charge on any atom is 0.255 e. The summed E-state index contributed by atoms with van der Waals surface area (Å²) in [6.45, 7) is 28.9. The van der Waals surface area contributed by atoms with Crippen LogP contribution in [0, 0.1) is 29.1 Å². The first kappa shape index (κ1) is 56.1. The van der Waals surface area contributed by atoms with E-state index in [-0.39, 0.29) is 16.5 Å². The van der Waals surface area contributed by atoms with Crippen LogP contribution in [0.5, 0.6) is 0 Å². The fourth-order valence-corrected chi connectivity index (χ4v) is 14.5. The lowest BCUT2D eigenvalue weighted by atomic mass is 9.64. The minimum atomic E-state index is -1.00. The molecule has 4 rings (SSSR count). The molecule has 4 aliphatic heterocycles. The standard InChI is InChI=1S/C53H106N4O4P2/c1-11-49(7)39-47(45(5)51(9,13-3)56-49)35-31-27-23-19-15-17-21-25-29-33-37-54-62-58-41-53(42-59-62)43-60-63(61-44-53)55-38-34-30-26-22-18-16-20-24-28-32-36-48-40-50(8,12-2)57-52(10,14-4)46(48)6/h45-48,54-57H,11-44H2,1-10H3. The molecule has 0 aromatic rings. The fourth-order valence-electron chi connectivity index (χ4n) is 11.8. The van der Waals surface area contributed by atoms with E-state index < -0.39 is 17.1 Å². The molecule has 8 atom stereocenters. The van der Waals surface area contributed by atoms with Gasteiger partial charge >= 0.3 is 0 Å². The highest BCUT2D eigenvalue weighted by atomic mass is 31.2. The summed E-state index contributed by atoms with van der Waals surface area (Å²) in [5.74, 6) is 3.27. The van der Waals surface area contributed by atoms with Gasteiger partial charge in [0, 0.05) is 35.2 Å². The van der Waals surface area contributed by atoms with E-state index in [2.05, 4.69) is 90.0 Å². The Labute approximate surface area is 394 Å². The van der Waals surface area contributed by atoms with Crippen molar-refractivity contribution in [2.75, 3.05) is 39.5 Å². The molecule has 4 aliphatic rings. The predicted octanol–water partition coefficient (Wildman–Crippen LogP) is 15.4. The van der Waals surface area contributed by atoms with Gasteiger partial charge in [0.1, 0.15) is 0 Å². The fraction of sp³-hybridized carbons (Fsp3) is 1.00. The summed E-state index contributed by atoms with van der Waals surface area (Å²) < 4.78 is 24.6. The summed E-state index contributed by atoms with van der Waals surface area (Å²) >= 11 is 0. The predicted molar refractivity (Wildman–Crippen MR) is 273 cm³/mol. The lowest BCUT2D eigenvalue weighted by Crippen LogP contribution is -2.64. The molecular formula is C53H106N4O4P2. The van der Waals surface area contributed by atoms with Crippen LogP contribution in [0.15, 0.2) is 0 Å². The van der Waals surface area contributed by atoms with Crippen molar-refractivity contribution < 1.29 is 18.1 Å². The van der Waals surface area contributed by atoms with Gasteiger partial charge in [-0.2, -0.15) is 0 Å². The van der Waals surface area contributed by atoms with Gasteiger partial charge in [-0.1, -0.05) is 170 Å². The molecule has 1 spiro atoms. The van der Waals surface area contributed by atoms with Crippen molar-refractivity contribution in [3.05, 3.63) is 0 Å². The summed E-state index contributed by atoms with van der Waals surface area (Å²) in [6, 6.07) is 0. The van der Waals surface area contributed by atoms with E-state index in [1.165, 1.54) is 180 Å². The first-order chi connectivity index (χ1) is 30.3. The Morgan fingerprint density at radius 3 is 1.00 bits per heavy atom. The van der Waals surface area contributed by atoms with Gasteiger partial charge in [0.15, 0.2) is 0 Å². The molecule has 0 aromatic carbocycles. The van der Waals surface area contributed by atoms with E-state index >= 15 is 0 Å². The Morgan fingerprint density at radius 1 is 0.429 bits per heavy atom. The zero-order chi connectivity index (χ0) is 45.7. The average Bonchev–Trinajstić information content (AvgIpc) is 3.28. The van der Waals surface area contributed by atoms with Gasteiger partial charge in [-0.3, -0.25) is 10.2 Å². The molecular weight excluding hydrogens is 819 g/mol. The highest BCUT2D eigenvalue weighted by Crippen LogP contribution is 2.50. The molecule has 8 nitrogen and oxygen atoms in total. The number of piperidine rings is 2. The Bertz CT molecular complexity index is 1110.